The van der Waals surface area contributed by atoms with E-state index in [1.54, 1.807) is 16.7 Å². The van der Waals surface area contributed by atoms with Crippen LogP contribution in [0.3, 0.4) is 0 Å². The molecule has 0 aromatic carbocycles. The highest BCUT2D eigenvalue weighted by atomic mass is 32.2. The summed E-state index contributed by atoms with van der Waals surface area (Å²) >= 11 is 1.55. The number of hydrogen-bond acceptors (Lipinski definition) is 7. The first-order valence-corrected chi connectivity index (χ1v) is 10.6. The molecule has 134 valence electrons. The summed E-state index contributed by atoms with van der Waals surface area (Å²) in [5.74, 6) is -0.727. The Morgan fingerprint density at radius 2 is 2.21 bits per heavy atom. The molecule has 8 nitrogen and oxygen atoms in total. The van der Waals surface area contributed by atoms with Crippen LogP contribution in [0.2, 0.25) is 0 Å². The van der Waals surface area contributed by atoms with Crippen molar-refractivity contribution in [2.75, 3.05) is 23.9 Å². The molecular formula is C14H20N2O6S2. The molecule has 0 aromatic rings. The van der Waals surface area contributed by atoms with Gasteiger partial charge in [0.1, 0.15) is 6.04 Å². The van der Waals surface area contributed by atoms with Gasteiger partial charge in [-0.1, -0.05) is 0 Å². The Morgan fingerprint density at radius 1 is 1.46 bits per heavy atom. The zero-order valence-corrected chi connectivity index (χ0v) is 15.0. The van der Waals surface area contributed by atoms with Gasteiger partial charge in [-0.3, -0.25) is 9.59 Å². The number of thioether (sulfide) groups is 1. The molecule has 0 unspecified atom stereocenters. The average Bonchev–Trinajstić information content (AvgIpc) is 3.11. The SMILES string of the molecule is C[C@@]12CCC(=O)N1[C@@H](C(=O)OCC(=O)N[C@@H]1CCS(=O)(=O)C1)CS2. The lowest BCUT2D eigenvalue weighted by molar-refractivity contribution is -0.156. The number of carbonyl (C=O) groups excluding carboxylic acids is 3. The number of rotatable bonds is 4. The quantitative estimate of drug-likeness (QED) is 0.645. The Balaban J connectivity index is 1.49. The Bertz CT molecular complexity index is 679. The Labute approximate surface area is 144 Å². The number of ether oxygens (including phenoxy) is 1. The van der Waals surface area contributed by atoms with Crippen LogP contribution in [-0.4, -0.2) is 71.9 Å². The summed E-state index contributed by atoms with van der Waals surface area (Å²) in [5, 5.41) is 2.56. The molecule has 1 N–H and O–H groups in total. The molecular weight excluding hydrogens is 356 g/mol. The van der Waals surface area contributed by atoms with E-state index in [1.165, 1.54) is 0 Å². The van der Waals surface area contributed by atoms with Gasteiger partial charge in [0.15, 0.2) is 16.4 Å². The molecule has 3 heterocycles. The molecule has 2 amide bonds. The number of hydrogen-bond donors (Lipinski definition) is 1. The van der Waals surface area contributed by atoms with E-state index in [4.69, 9.17) is 4.74 Å². The third-order valence-corrected chi connectivity index (χ3v) is 7.93. The molecule has 0 saturated carbocycles. The van der Waals surface area contributed by atoms with Crippen molar-refractivity contribution < 1.29 is 27.5 Å². The summed E-state index contributed by atoms with van der Waals surface area (Å²) in [5.41, 5.74) is 0. The molecule has 0 radical (unpaired) electrons. The van der Waals surface area contributed by atoms with Gasteiger partial charge in [0.2, 0.25) is 5.91 Å². The smallest absolute Gasteiger partial charge is 0.330 e. The van der Waals surface area contributed by atoms with E-state index in [0.29, 0.717) is 25.0 Å². The molecule has 3 atom stereocenters. The number of esters is 1. The van der Waals surface area contributed by atoms with Gasteiger partial charge in [-0.2, -0.15) is 0 Å². The molecule has 3 aliphatic rings. The first-order valence-electron chi connectivity index (χ1n) is 7.83. The molecule has 3 rings (SSSR count). The van der Waals surface area contributed by atoms with Gasteiger partial charge in [-0.05, 0) is 19.8 Å². The van der Waals surface area contributed by atoms with Crippen molar-refractivity contribution in [2.24, 2.45) is 0 Å². The van der Waals surface area contributed by atoms with E-state index >= 15 is 0 Å². The van der Waals surface area contributed by atoms with Crippen LogP contribution in [0.5, 0.6) is 0 Å². The number of nitrogens with one attached hydrogen (secondary N) is 1. The highest BCUT2D eigenvalue weighted by molar-refractivity contribution is 8.01. The van der Waals surface area contributed by atoms with E-state index in [1.807, 2.05) is 6.92 Å². The van der Waals surface area contributed by atoms with Gasteiger partial charge in [0.05, 0.1) is 16.4 Å². The van der Waals surface area contributed by atoms with Crippen LogP contribution in [0.25, 0.3) is 0 Å². The van der Waals surface area contributed by atoms with Crippen molar-refractivity contribution in [2.45, 2.75) is 43.1 Å². The maximum Gasteiger partial charge on any atom is 0.330 e. The summed E-state index contributed by atoms with van der Waals surface area (Å²) in [4.78, 5) is 37.2. The first kappa shape index (κ1) is 17.5. The third kappa shape index (κ3) is 3.39. The number of sulfone groups is 1. The highest BCUT2D eigenvalue weighted by Crippen LogP contribution is 2.47. The summed E-state index contributed by atoms with van der Waals surface area (Å²) < 4.78 is 27.7. The number of nitrogens with zero attached hydrogens (tertiary/aromatic N) is 1. The van der Waals surface area contributed by atoms with Gasteiger partial charge in [0.25, 0.3) is 5.91 Å². The second-order valence-corrected chi connectivity index (χ2v) is 10.3. The minimum Gasteiger partial charge on any atom is -0.454 e. The van der Waals surface area contributed by atoms with Crippen LogP contribution in [0.1, 0.15) is 26.2 Å². The van der Waals surface area contributed by atoms with Crippen LogP contribution >= 0.6 is 11.8 Å². The lowest BCUT2D eigenvalue weighted by Gasteiger charge is -2.29. The van der Waals surface area contributed by atoms with Gasteiger partial charge < -0.3 is 15.0 Å². The standard InChI is InChI=1S/C14H20N2O6S2/c1-14-4-2-12(18)16(14)10(7-23-14)13(19)22-6-11(17)15-9-3-5-24(20,21)8-9/h9-10H,2-8H2,1H3,(H,15,17)/t9-,10-,14-/m1/s1. The van der Waals surface area contributed by atoms with E-state index in [0.717, 1.165) is 0 Å². The minimum atomic E-state index is -3.08. The highest BCUT2D eigenvalue weighted by Gasteiger charge is 2.53. The van der Waals surface area contributed by atoms with Gasteiger partial charge in [-0.25, -0.2) is 13.2 Å². The number of fused-ring (bicyclic) bond motifs is 1. The predicted octanol–water partition coefficient (Wildman–Crippen LogP) is -0.713. The fourth-order valence-electron chi connectivity index (χ4n) is 3.41. The van der Waals surface area contributed by atoms with Gasteiger partial charge in [-0.15, -0.1) is 11.8 Å². The predicted molar refractivity (Wildman–Crippen MR) is 86.9 cm³/mol. The fraction of sp³-hybridized carbons (Fsp3) is 0.786. The molecule has 3 saturated heterocycles. The Hall–Kier alpha value is -1.29. The van der Waals surface area contributed by atoms with Crippen LogP contribution in [0.4, 0.5) is 0 Å². The fourth-order valence-corrected chi connectivity index (χ4v) is 6.50. The molecule has 24 heavy (non-hydrogen) atoms. The topological polar surface area (TPSA) is 110 Å². The number of amides is 2. The van der Waals surface area contributed by atoms with Crippen LogP contribution in [0.15, 0.2) is 0 Å². The molecule has 0 bridgehead atoms. The van der Waals surface area contributed by atoms with E-state index in [-0.39, 0.29) is 22.3 Å². The maximum atomic E-state index is 12.2. The van der Waals surface area contributed by atoms with Crippen molar-refractivity contribution in [1.29, 1.82) is 0 Å². The largest absolute Gasteiger partial charge is 0.454 e. The molecule has 0 spiro atoms. The lowest BCUT2D eigenvalue weighted by Crippen LogP contribution is -2.47. The zero-order chi connectivity index (χ0) is 17.5. The molecule has 3 fully saturated rings. The summed E-state index contributed by atoms with van der Waals surface area (Å²) in [6, 6.07) is -1.08. The van der Waals surface area contributed by atoms with E-state index in [2.05, 4.69) is 5.32 Å². The van der Waals surface area contributed by atoms with Crippen LogP contribution < -0.4 is 5.32 Å². The molecule has 10 heteroatoms. The summed E-state index contributed by atoms with van der Waals surface area (Å²) in [6.45, 7) is 1.47. The molecule has 3 aliphatic heterocycles. The monoisotopic (exact) mass is 376 g/mol. The molecule has 0 aliphatic carbocycles. The second kappa shape index (κ2) is 6.21. The average molecular weight is 376 g/mol. The van der Waals surface area contributed by atoms with E-state index < -0.39 is 40.4 Å². The zero-order valence-electron chi connectivity index (χ0n) is 13.3. The van der Waals surface area contributed by atoms with Crippen LogP contribution in [-0.2, 0) is 29.0 Å². The van der Waals surface area contributed by atoms with Crippen molar-refractivity contribution >= 4 is 39.4 Å². The van der Waals surface area contributed by atoms with Crippen LogP contribution in [0, 0.1) is 0 Å². The molecule has 0 aromatic heterocycles. The summed E-state index contributed by atoms with van der Waals surface area (Å²) in [7, 11) is -3.08. The van der Waals surface area contributed by atoms with Gasteiger partial charge in [0, 0.05) is 18.2 Å². The van der Waals surface area contributed by atoms with Crippen molar-refractivity contribution in [1.82, 2.24) is 10.2 Å². The van der Waals surface area contributed by atoms with E-state index in [9.17, 15) is 22.8 Å². The van der Waals surface area contributed by atoms with Crippen molar-refractivity contribution in [3.63, 3.8) is 0 Å². The minimum absolute atomic E-state index is 0.0622. The Kier molecular flexibility index (Phi) is 4.54. The Morgan fingerprint density at radius 3 is 2.88 bits per heavy atom. The normalized spacial score (nSPS) is 34.2. The third-order valence-electron chi connectivity index (χ3n) is 4.66. The van der Waals surface area contributed by atoms with Gasteiger partial charge >= 0.3 is 5.97 Å². The first-order chi connectivity index (χ1) is 11.2. The summed E-state index contributed by atoms with van der Waals surface area (Å²) in [6.07, 6.45) is 1.50. The second-order valence-electron chi connectivity index (χ2n) is 6.54. The number of carbonyl (C=O) groups is 3. The maximum absolute atomic E-state index is 12.2. The van der Waals surface area contributed by atoms with Crippen molar-refractivity contribution in [3.05, 3.63) is 0 Å². The lowest BCUT2D eigenvalue weighted by atomic mass is 10.2. The van der Waals surface area contributed by atoms with Crippen molar-refractivity contribution in [3.8, 4) is 0 Å².